The molecule has 0 N–H and O–H groups in total. The van der Waals surface area contributed by atoms with E-state index in [-0.39, 0.29) is 12.0 Å². The minimum Gasteiger partial charge on any atom is -0.475 e. The zero-order valence-electron chi connectivity index (χ0n) is 17.7. The summed E-state index contributed by atoms with van der Waals surface area (Å²) in [7, 11) is 2.07. The highest BCUT2D eigenvalue weighted by Gasteiger charge is 2.24. The van der Waals surface area contributed by atoms with Crippen LogP contribution in [0.4, 0.5) is 0 Å². The van der Waals surface area contributed by atoms with Crippen LogP contribution in [0.1, 0.15) is 24.3 Å². The van der Waals surface area contributed by atoms with Crippen LogP contribution in [0, 0.1) is 0 Å². The third kappa shape index (κ3) is 4.36. The maximum atomic E-state index is 13.1. The van der Waals surface area contributed by atoms with Crippen LogP contribution in [-0.2, 0) is 0 Å². The van der Waals surface area contributed by atoms with Gasteiger partial charge in [-0.05, 0) is 33.0 Å². The van der Waals surface area contributed by atoms with Crippen molar-refractivity contribution in [3.63, 3.8) is 0 Å². The minimum absolute atomic E-state index is 0.0354. The van der Waals surface area contributed by atoms with E-state index in [1.165, 1.54) is 0 Å². The Morgan fingerprint density at radius 1 is 1.03 bits per heavy atom. The van der Waals surface area contributed by atoms with Gasteiger partial charge in [-0.1, -0.05) is 30.3 Å². The fourth-order valence-electron chi connectivity index (χ4n) is 3.48. The Hall–Kier alpha value is -3.19. The molecule has 0 saturated carbocycles. The fourth-order valence-corrected chi connectivity index (χ4v) is 3.48. The molecule has 1 aliphatic rings. The zero-order chi connectivity index (χ0) is 21.1. The number of hydrogen-bond acceptors (Lipinski definition) is 5. The molecule has 0 aliphatic carbocycles. The lowest BCUT2D eigenvalue weighted by atomic mass is 10.1. The van der Waals surface area contributed by atoms with Crippen molar-refractivity contribution in [2.45, 2.75) is 20.0 Å². The van der Waals surface area contributed by atoms with Gasteiger partial charge in [-0.2, -0.15) is 5.10 Å². The van der Waals surface area contributed by atoms with Gasteiger partial charge in [-0.25, -0.2) is 9.67 Å². The molecule has 7 heteroatoms. The number of benzene rings is 1. The Morgan fingerprint density at radius 2 is 1.77 bits per heavy atom. The first-order chi connectivity index (χ1) is 14.5. The lowest BCUT2D eigenvalue weighted by molar-refractivity contribution is 0.0657. The summed E-state index contributed by atoms with van der Waals surface area (Å²) in [5.41, 5.74) is 3.07. The molecular formula is C23H27N5O2. The third-order valence-corrected chi connectivity index (χ3v) is 5.11. The number of amides is 1. The molecule has 0 spiro atoms. The number of carbonyl (C=O) groups excluding carboxylic acids is 1. The number of hydrogen-bond donors (Lipinski definition) is 0. The largest absolute Gasteiger partial charge is 0.475 e. The highest BCUT2D eigenvalue weighted by molar-refractivity contribution is 5.93. The van der Waals surface area contributed by atoms with Crippen molar-refractivity contribution in [2.75, 3.05) is 33.2 Å². The van der Waals surface area contributed by atoms with Crippen LogP contribution in [0.5, 0.6) is 5.88 Å². The van der Waals surface area contributed by atoms with Crippen LogP contribution >= 0.6 is 0 Å². The molecule has 3 heterocycles. The maximum absolute atomic E-state index is 13.1. The van der Waals surface area contributed by atoms with Crippen LogP contribution in [0.3, 0.4) is 0 Å². The SMILES string of the molecule is CC(C)Oc1ccc(-n2nc(C(=O)N3CCN(C)CC3)cc2-c2ccccc2)cn1. The number of ether oxygens (including phenoxy) is 1. The Bertz CT molecular complexity index is 990. The van der Waals surface area contributed by atoms with Crippen LogP contribution < -0.4 is 4.74 Å². The van der Waals surface area contributed by atoms with E-state index in [2.05, 4.69) is 22.0 Å². The summed E-state index contributed by atoms with van der Waals surface area (Å²) in [6.45, 7) is 7.11. The number of carbonyl (C=O) groups is 1. The molecule has 3 aromatic rings. The third-order valence-electron chi connectivity index (χ3n) is 5.11. The number of pyridine rings is 1. The van der Waals surface area contributed by atoms with Gasteiger partial charge in [0.1, 0.15) is 0 Å². The van der Waals surface area contributed by atoms with Gasteiger partial charge in [-0.15, -0.1) is 0 Å². The molecule has 0 bridgehead atoms. The summed E-state index contributed by atoms with van der Waals surface area (Å²) >= 11 is 0. The molecule has 156 valence electrons. The van der Waals surface area contributed by atoms with E-state index < -0.39 is 0 Å². The van der Waals surface area contributed by atoms with Crippen molar-refractivity contribution in [3.05, 3.63) is 60.4 Å². The van der Waals surface area contributed by atoms with E-state index in [9.17, 15) is 4.79 Å². The number of nitrogens with zero attached hydrogens (tertiary/aromatic N) is 5. The van der Waals surface area contributed by atoms with Crippen molar-refractivity contribution in [1.82, 2.24) is 24.6 Å². The summed E-state index contributed by atoms with van der Waals surface area (Å²) in [5.74, 6) is 0.530. The number of piperazine rings is 1. The van der Waals surface area contributed by atoms with E-state index in [0.717, 1.165) is 30.0 Å². The molecule has 1 aromatic carbocycles. The lowest BCUT2D eigenvalue weighted by Gasteiger charge is -2.31. The number of likely N-dealkylation sites (N-methyl/N-ethyl adjacent to an activating group) is 1. The smallest absolute Gasteiger partial charge is 0.274 e. The molecule has 30 heavy (non-hydrogen) atoms. The van der Waals surface area contributed by atoms with Crippen LogP contribution in [0.25, 0.3) is 16.9 Å². The first kappa shape index (κ1) is 20.1. The van der Waals surface area contributed by atoms with Crippen molar-refractivity contribution in [3.8, 4) is 22.8 Å². The molecule has 2 aromatic heterocycles. The predicted octanol–water partition coefficient (Wildman–Crippen LogP) is 3.11. The Kier molecular flexibility index (Phi) is 5.81. The average Bonchev–Trinajstić information content (AvgIpc) is 3.20. The molecule has 4 rings (SSSR count). The quantitative estimate of drug-likeness (QED) is 0.653. The van der Waals surface area contributed by atoms with Crippen molar-refractivity contribution in [1.29, 1.82) is 0 Å². The van der Waals surface area contributed by atoms with Crippen molar-refractivity contribution >= 4 is 5.91 Å². The van der Waals surface area contributed by atoms with E-state index in [1.807, 2.05) is 67.3 Å². The molecule has 1 aliphatic heterocycles. The van der Waals surface area contributed by atoms with Gasteiger partial charge in [0.25, 0.3) is 5.91 Å². The Labute approximate surface area is 176 Å². The first-order valence-corrected chi connectivity index (χ1v) is 10.3. The topological polar surface area (TPSA) is 63.5 Å². The molecule has 1 fully saturated rings. The predicted molar refractivity (Wildman–Crippen MR) is 116 cm³/mol. The summed E-state index contributed by atoms with van der Waals surface area (Å²) < 4.78 is 7.43. The van der Waals surface area contributed by atoms with Crippen LogP contribution in [-0.4, -0.2) is 69.8 Å². The van der Waals surface area contributed by atoms with Gasteiger partial charge in [0.15, 0.2) is 5.69 Å². The molecule has 1 saturated heterocycles. The normalized spacial score (nSPS) is 14.9. The van der Waals surface area contributed by atoms with Gasteiger partial charge in [0, 0.05) is 37.8 Å². The highest BCUT2D eigenvalue weighted by Crippen LogP contribution is 2.25. The summed E-state index contributed by atoms with van der Waals surface area (Å²) in [4.78, 5) is 21.6. The summed E-state index contributed by atoms with van der Waals surface area (Å²) in [5, 5.41) is 4.67. The highest BCUT2D eigenvalue weighted by atomic mass is 16.5. The van der Waals surface area contributed by atoms with E-state index in [1.54, 1.807) is 10.9 Å². The lowest BCUT2D eigenvalue weighted by Crippen LogP contribution is -2.47. The van der Waals surface area contributed by atoms with Crippen LogP contribution in [0.15, 0.2) is 54.7 Å². The van der Waals surface area contributed by atoms with E-state index in [0.29, 0.717) is 24.7 Å². The number of rotatable bonds is 5. The van der Waals surface area contributed by atoms with Gasteiger partial charge in [0.2, 0.25) is 5.88 Å². The molecule has 0 radical (unpaired) electrons. The summed E-state index contributed by atoms with van der Waals surface area (Å²) in [6, 6.07) is 15.6. The summed E-state index contributed by atoms with van der Waals surface area (Å²) in [6.07, 6.45) is 1.78. The molecule has 7 nitrogen and oxygen atoms in total. The van der Waals surface area contributed by atoms with Gasteiger partial charge in [0.05, 0.1) is 23.7 Å². The van der Waals surface area contributed by atoms with Gasteiger partial charge < -0.3 is 14.5 Å². The standard InChI is InChI=1S/C23H27N5O2/c1-17(2)30-22-10-9-19(16-24-22)28-21(18-7-5-4-6-8-18)15-20(25-28)23(29)27-13-11-26(3)12-14-27/h4-10,15-17H,11-14H2,1-3H3. The monoisotopic (exact) mass is 405 g/mol. The number of aromatic nitrogens is 3. The molecule has 1 amide bonds. The zero-order valence-corrected chi connectivity index (χ0v) is 17.7. The van der Waals surface area contributed by atoms with E-state index in [4.69, 9.17) is 4.74 Å². The fraction of sp³-hybridized carbons (Fsp3) is 0.348. The molecule has 0 atom stereocenters. The first-order valence-electron chi connectivity index (χ1n) is 10.3. The second-order valence-electron chi connectivity index (χ2n) is 7.81. The molecular weight excluding hydrogens is 378 g/mol. The van der Waals surface area contributed by atoms with E-state index >= 15 is 0 Å². The molecule has 0 unspecified atom stereocenters. The van der Waals surface area contributed by atoms with Crippen LogP contribution in [0.2, 0.25) is 0 Å². The minimum atomic E-state index is -0.0354. The maximum Gasteiger partial charge on any atom is 0.274 e. The Balaban J connectivity index is 1.69. The van der Waals surface area contributed by atoms with Crippen molar-refractivity contribution < 1.29 is 9.53 Å². The van der Waals surface area contributed by atoms with Gasteiger partial charge >= 0.3 is 0 Å². The second-order valence-corrected chi connectivity index (χ2v) is 7.81. The second kappa shape index (κ2) is 8.67. The van der Waals surface area contributed by atoms with Gasteiger partial charge in [-0.3, -0.25) is 4.79 Å². The van der Waals surface area contributed by atoms with Crippen molar-refractivity contribution in [2.24, 2.45) is 0 Å². The Morgan fingerprint density at radius 3 is 2.40 bits per heavy atom. The average molecular weight is 406 g/mol.